The Morgan fingerprint density at radius 3 is 2.81 bits per heavy atom. The number of aliphatic hydroxyl groups excluding tert-OH is 1. The van der Waals surface area contributed by atoms with Crippen LogP contribution >= 0.6 is 0 Å². The Labute approximate surface area is 95.9 Å². The van der Waals surface area contributed by atoms with Gasteiger partial charge in [-0.2, -0.15) is 0 Å². The summed E-state index contributed by atoms with van der Waals surface area (Å²) in [5.41, 5.74) is 0.0869. The monoisotopic (exact) mass is 228 g/mol. The highest BCUT2D eigenvalue weighted by atomic mass is 16.5. The fraction of sp³-hybridized carbons (Fsp3) is 0.750. The number of carbonyl (C=O) groups is 1. The topological polar surface area (TPSA) is 66.8 Å². The van der Waals surface area contributed by atoms with Gasteiger partial charge in [-0.1, -0.05) is 6.08 Å². The maximum absolute atomic E-state index is 10.6. The van der Waals surface area contributed by atoms with Crippen molar-refractivity contribution in [2.75, 3.05) is 13.2 Å². The molecule has 0 amide bonds. The van der Waals surface area contributed by atoms with E-state index in [4.69, 9.17) is 9.84 Å². The van der Waals surface area contributed by atoms with Gasteiger partial charge in [0.25, 0.3) is 0 Å². The number of ether oxygens (including phenoxy) is 1. The van der Waals surface area contributed by atoms with Crippen molar-refractivity contribution in [3.63, 3.8) is 0 Å². The summed E-state index contributed by atoms with van der Waals surface area (Å²) in [6.07, 6.45) is 4.36. The van der Waals surface area contributed by atoms with E-state index in [2.05, 4.69) is 0 Å². The number of hydrogen-bond donors (Lipinski definition) is 2. The first kappa shape index (κ1) is 13.2. The molecule has 1 aliphatic carbocycles. The summed E-state index contributed by atoms with van der Waals surface area (Å²) in [7, 11) is 0. The summed E-state index contributed by atoms with van der Waals surface area (Å²) in [6.45, 7) is 3.18. The van der Waals surface area contributed by atoms with E-state index in [0.29, 0.717) is 6.61 Å². The lowest BCUT2D eigenvalue weighted by Gasteiger charge is -2.33. The summed E-state index contributed by atoms with van der Waals surface area (Å²) >= 11 is 0. The summed E-state index contributed by atoms with van der Waals surface area (Å²) in [6, 6.07) is 0. The first-order valence-electron chi connectivity index (χ1n) is 5.60. The molecule has 0 bridgehead atoms. The molecule has 4 nitrogen and oxygen atoms in total. The Hall–Kier alpha value is -0.870. The van der Waals surface area contributed by atoms with Crippen molar-refractivity contribution in [3.8, 4) is 0 Å². The van der Waals surface area contributed by atoms with Crippen molar-refractivity contribution in [1.82, 2.24) is 0 Å². The Morgan fingerprint density at radius 2 is 2.38 bits per heavy atom. The fourth-order valence-electron chi connectivity index (χ4n) is 1.91. The molecule has 0 saturated carbocycles. The van der Waals surface area contributed by atoms with Gasteiger partial charge in [0.05, 0.1) is 12.2 Å². The molecule has 1 aliphatic rings. The lowest BCUT2D eigenvalue weighted by Crippen LogP contribution is -2.39. The van der Waals surface area contributed by atoms with Gasteiger partial charge >= 0.3 is 5.97 Å². The van der Waals surface area contributed by atoms with Crippen LogP contribution in [0.25, 0.3) is 0 Å². The van der Waals surface area contributed by atoms with Gasteiger partial charge < -0.3 is 14.9 Å². The van der Waals surface area contributed by atoms with Crippen LogP contribution in [0, 0.1) is 5.92 Å². The Bertz CT molecular complexity index is 281. The second kappa shape index (κ2) is 5.46. The summed E-state index contributed by atoms with van der Waals surface area (Å²) < 4.78 is 4.91. The highest BCUT2D eigenvalue weighted by molar-refractivity contribution is 5.66. The lowest BCUT2D eigenvalue weighted by molar-refractivity contribution is -0.140. The Morgan fingerprint density at radius 1 is 1.69 bits per heavy atom. The van der Waals surface area contributed by atoms with Crippen molar-refractivity contribution < 1.29 is 19.7 Å². The van der Waals surface area contributed by atoms with Crippen LogP contribution in [0.15, 0.2) is 11.6 Å². The fourth-order valence-corrected chi connectivity index (χ4v) is 1.91. The Balaban J connectivity index is 2.45. The molecule has 4 heteroatoms. The van der Waals surface area contributed by atoms with Crippen molar-refractivity contribution in [1.29, 1.82) is 0 Å². The zero-order valence-corrected chi connectivity index (χ0v) is 9.90. The van der Waals surface area contributed by atoms with Crippen molar-refractivity contribution >= 4 is 5.97 Å². The molecule has 92 valence electrons. The molecule has 1 rings (SSSR count). The molecule has 0 saturated heterocycles. The highest BCUT2D eigenvalue weighted by Gasteiger charge is 2.32. The normalized spacial score (nSPS) is 24.5. The molecular formula is C12H20O4. The molecule has 0 fully saturated rings. The van der Waals surface area contributed by atoms with Gasteiger partial charge in [-0.05, 0) is 37.7 Å². The van der Waals surface area contributed by atoms with Crippen LogP contribution in [0.1, 0.15) is 33.1 Å². The van der Waals surface area contributed by atoms with Gasteiger partial charge in [0.15, 0.2) is 0 Å². The zero-order valence-electron chi connectivity index (χ0n) is 9.90. The van der Waals surface area contributed by atoms with Gasteiger partial charge in [-0.3, -0.25) is 4.79 Å². The van der Waals surface area contributed by atoms with Crippen molar-refractivity contribution in [2.45, 2.75) is 38.7 Å². The Kier molecular flexibility index (Phi) is 4.50. The molecule has 16 heavy (non-hydrogen) atoms. The van der Waals surface area contributed by atoms with Gasteiger partial charge in [-0.15, -0.1) is 0 Å². The third-order valence-electron chi connectivity index (χ3n) is 3.17. The van der Waals surface area contributed by atoms with Crippen LogP contribution in [-0.4, -0.2) is 35.0 Å². The van der Waals surface area contributed by atoms with Crippen LogP contribution in [-0.2, 0) is 9.53 Å². The third kappa shape index (κ3) is 3.61. The summed E-state index contributed by atoms with van der Waals surface area (Å²) in [4.78, 5) is 10.6. The number of hydrogen-bond acceptors (Lipinski definition) is 4. The predicted molar refractivity (Wildman–Crippen MR) is 59.8 cm³/mol. The van der Waals surface area contributed by atoms with E-state index >= 15 is 0 Å². The first-order valence-corrected chi connectivity index (χ1v) is 5.60. The maximum Gasteiger partial charge on any atom is 0.302 e. The van der Waals surface area contributed by atoms with E-state index in [9.17, 15) is 9.90 Å². The van der Waals surface area contributed by atoms with Gasteiger partial charge in [0.1, 0.15) is 6.61 Å². The summed E-state index contributed by atoms with van der Waals surface area (Å²) in [5.74, 6) is -0.191. The number of carbonyl (C=O) groups excluding carboxylic acids is 1. The van der Waals surface area contributed by atoms with Crippen LogP contribution in [0.3, 0.4) is 0 Å². The van der Waals surface area contributed by atoms with E-state index in [1.165, 1.54) is 6.92 Å². The molecule has 2 N–H and O–H groups in total. The molecule has 0 heterocycles. The molecule has 0 spiro atoms. The lowest BCUT2D eigenvalue weighted by atomic mass is 9.79. The van der Waals surface area contributed by atoms with Gasteiger partial charge in [0, 0.05) is 6.92 Å². The minimum absolute atomic E-state index is 0.0820. The van der Waals surface area contributed by atoms with Crippen LogP contribution in [0.2, 0.25) is 0 Å². The SMILES string of the molecule is CC(=O)OCC1=CC[C@@H](C(C)(O)CO)CC1. The standard InChI is InChI=1S/C12H20O4/c1-9(14)16-7-10-3-5-11(6-4-10)12(2,15)8-13/h3,11,13,15H,4-8H2,1-2H3/t11-,12?/m1/s1. The second-order valence-corrected chi connectivity index (χ2v) is 4.63. The van der Waals surface area contributed by atoms with E-state index in [0.717, 1.165) is 24.8 Å². The van der Waals surface area contributed by atoms with E-state index < -0.39 is 5.60 Å². The number of allylic oxidation sites excluding steroid dienone is 1. The largest absolute Gasteiger partial charge is 0.461 e. The van der Waals surface area contributed by atoms with Crippen LogP contribution in [0.4, 0.5) is 0 Å². The maximum atomic E-state index is 10.6. The van der Waals surface area contributed by atoms with Crippen molar-refractivity contribution in [2.24, 2.45) is 5.92 Å². The minimum atomic E-state index is -1.01. The molecular weight excluding hydrogens is 208 g/mol. The highest BCUT2D eigenvalue weighted by Crippen LogP contribution is 2.31. The molecule has 2 atom stereocenters. The number of rotatable bonds is 4. The molecule has 0 aromatic carbocycles. The second-order valence-electron chi connectivity index (χ2n) is 4.63. The minimum Gasteiger partial charge on any atom is -0.461 e. The average Bonchev–Trinajstić information content (AvgIpc) is 2.27. The van der Waals surface area contributed by atoms with Crippen molar-refractivity contribution in [3.05, 3.63) is 11.6 Å². The molecule has 0 aromatic heterocycles. The van der Waals surface area contributed by atoms with Gasteiger partial charge in [0.2, 0.25) is 0 Å². The third-order valence-corrected chi connectivity index (χ3v) is 3.17. The molecule has 0 aromatic rings. The zero-order chi connectivity index (χ0) is 12.2. The average molecular weight is 228 g/mol. The number of aliphatic hydroxyl groups is 2. The van der Waals surface area contributed by atoms with E-state index in [-0.39, 0.29) is 18.5 Å². The molecule has 1 unspecified atom stereocenters. The van der Waals surface area contributed by atoms with E-state index in [1.54, 1.807) is 6.92 Å². The molecule has 0 aliphatic heterocycles. The first-order chi connectivity index (χ1) is 7.45. The predicted octanol–water partition coefficient (Wildman–Crippen LogP) is 1.02. The van der Waals surface area contributed by atoms with Crippen LogP contribution < -0.4 is 0 Å². The van der Waals surface area contributed by atoms with Gasteiger partial charge in [-0.25, -0.2) is 0 Å². The molecule has 0 radical (unpaired) electrons. The quantitative estimate of drug-likeness (QED) is 0.557. The smallest absolute Gasteiger partial charge is 0.302 e. The van der Waals surface area contributed by atoms with E-state index in [1.807, 2.05) is 6.08 Å². The number of esters is 1. The summed E-state index contributed by atoms with van der Waals surface area (Å²) in [5, 5.41) is 18.9. The van der Waals surface area contributed by atoms with Crippen LogP contribution in [0.5, 0.6) is 0 Å².